The van der Waals surface area contributed by atoms with Crippen molar-refractivity contribution >= 4 is 40.6 Å². The van der Waals surface area contributed by atoms with E-state index in [4.69, 9.17) is 49.0 Å². The van der Waals surface area contributed by atoms with E-state index in [0.717, 1.165) is 12.8 Å². The summed E-state index contributed by atoms with van der Waals surface area (Å²) >= 11 is 20.3. The van der Waals surface area contributed by atoms with E-state index in [0.29, 0.717) is 38.9 Å². The zero-order valence-electron chi connectivity index (χ0n) is 17.3. The minimum Gasteiger partial charge on any atom is -0.354 e. The number of hydrogen-bond donors (Lipinski definition) is 0. The van der Waals surface area contributed by atoms with Crippen molar-refractivity contribution in [1.29, 1.82) is 0 Å². The van der Waals surface area contributed by atoms with Crippen molar-refractivity contribution in [2.24, 2.45) is 11.3 Å². The van der Waals surface area contributed by atoms with Gasteiger partial charge < -0.3 is 14.2 Å². The van der Waals surface area contributed by atoms with E-state index < -0.39 is 37.9 Å². The van der Waals surface area contributed by atoms with Gasteiger partial charge in [-0.15, -0.1) is 24.8 Å². The van der Waals surface area contributed by atoms with Crippen molar-refractivity contribution in [2.75, 3.05) is 13.2 Å². The van der Waals surface area contributed by atoms with Gasteiger partial charge in [0, 0.05) is 17.8 Å². The molecule has 166 valence electrons. The van der Waals surface area contributed by atoms with Crippen LogP contribution in [-0.2, 0) is 19.0 Å². The second-order valence-electron chi connectivity index (χ2n) is 9.12. The fourth-order valence-corrected chi connectivity index (χ4v) is 7.32. The smallest absolute Gasteiger partial charge is 0.209 e. The topological polar surface area (TPSA) is 44.8 Å². The second kappa shape index (κ2) is 7.60. The number of hydrogen-bond acceptors (Lipinski definition) is 4. The molecule has 0 N–H and O–H groups in total. The highest BCUT2D eigenvalue weighted by atomic mass is 35.5. The zero-order valence-corrected chi connectivity index (χ0v) is 19.6. The largest absolute Gasteiger partial charge is 0.354 e. The third-order valence-corrected chi connectivity index (χ3v) is 9.18. The standard InChI is InChI=1S/C23H29Cl3O4/c1-4-6-7-10-20-12-13-21(30-20,23(25,26)18(27)17(20)24)16-8-11-22(28-14-15-29-22)19(16,3)9-5-2/h4-5,12-13,16-17H,1-2,6-11,14-15H2,3H3/t16-,17?,19+,20?,21?/m1/s1. The van der Waals surface area contributed by atoms with Crippen LogP contribution in [0, 0.1) is 11.3 Å². The Hall–Kier alpha value is -0.360. The minimum absolute atomic E-state index is 0.221. The summed E-state index contributed by atoms with van der Waals surface area (Å²) in [6, 6.07) is 0. The monoisotopic (exact) mass is 474 g/mol. The van der Waals surface area contributed by atoms with E-state index in [-0.39, 0.29) is 5.92 Å². The summed E-state index contributed by atoms with van der Waals surface area (Å²) < 4.78 is 17.2. The van der Waals surface area contributed by atoms with Crippen LogP contribution in [0.2, 0.25) is 0 Å². The normalized spacial score (nSPS) is 43.4. The summed E-state index contributed by atoms with van der Waals surface area (Å²) in [7, 11) is 0. The maximum atomic E-state index is 13.4. The molecule has 0 aromatic rings. The quantitative estimate of drug-likeness (QED) is 0.277. The van der Waals surface area contributed by atoms with E-state index in [1.807, 2.05) is 24.3 Å². The number of alkyl halides is 3. The van der Waals surface area contributed by atoms with E-state index in [2.05, 4.69) is 20.1 Å². The van der Waals surface area contributed by atoms with Crippen LogP contribution in [0.3, 0.4) is 0 Å². The Morgan fingerprint density at radius 1 is 1.20 bits per heavy atom. The molecule has 3 unspecified atom stereocenters. The second-order valence-corrected chi connectivity index (χ2v) is 10.9. The van der Waals surface area contributed by atoms with Crippen LogP contribution in [0.25, 0.3) is 0 Å². The lowest BCUT2D eigenvalue weighted by Crippen LogP contribution is -2.69. The molecule has 2 saturated heterocycles. The molecule has 4 rings (SSSR count). The third kappa shape index (κ3) is 2.80. The summed E-state index contributed by atoms with van der Waals surface area (Å²) in [5, 5.41) is -0.954. The highest BCUT2D eigenvalue weighted by Gasteiger charge is 2.76. The molecule has 1 spiro atoms. The number of ether oxygens (including phenoxy) is 3. The molecule has 1 saturated carbocycles. The van der Waals surface area contributed by atoms with Gasteiger partial charge in [0.25, 0.3) is 0 Å². The molecule has 3 heterocycles. The number of rotatable bonds is 7. The number of allylic oxidation sites excluding steroid dienone is 2. The average Bonchev–Trinajstić information content (AvgIpc) is 3.40. The first kappa shape index (κ1) is 22.8. The maximum absolute atomic E-state index is 13.4. The Balaban J connectivity index is 1.78. The summed E-state index contributed by atoms with van der Waals surface area (Å²) in [5.41, 5.74) is -2.68. The molecule has 3 fully saturated rings. The fraction of sp³-hybridized carbons (Fsp3) is 0.696. The van der Waals surface area contributed by atoms with E-state index >= 15 is 0 Å². The van der Waals surface area contributed by atoms with Crippen LogP contribution in [0.15, 0.2) is 37.5 Å². The molecular formula is C23H29Cl3O4. The molecule has 0 aromatic heterocycles. The number of carbonyl (C=O) groups is 1. The molecule has 3 aliphatic heterocycles. The number of ketones is 1. The first-order valence-electron chi connectivity index (χ1n) is 10.6. The molecule has 0 aromatic carbocycles. The molecule has 0 amide bonds. The SMILES string of the molecule is C=CCCCC12C=CC([C@@H]3CCC4(OCCO4)[C@@]3(C)CC=C)(O1)C(Cl)(Cl)C(=O)C2Cl. The molecule has 0 radical (unpaired) electrons. The summed E-state index contributed by atoms with van der Waals surface area (Å²) in [4.78, 5) is 13.4. The van der Waals surface area contributed by atoms with E-state index in [1.54, 1.807) is 0 Å². The zero-order chi connectivity index (χ0) is 21.8. The van der Waals surface area contributed by atoms with Crippen molar-refractivity contribution in [1.82, 2.24) is 0 Å². The highest BCUT2D eigenvalue weighted by Crippen LogP contribution is 2.68. The Labute approximate surface area is 193 Å². The van der Waals surface area contributed by atoms with Crippen molar-refractivity contribution in [3.8, 4) is 0 Å². The molecule has 4 aliphatic rings. The van der Waals surface area contributed by atoms with Crippen molar-refractivity contribution in [3.63, 3.8) is 0 Å². The minimum atomic E-state index is -1.81. The van der Waals surface area contributed by atoms with Gasteiger partial charge >= 0.3 is 0 Å². The van der Waals surface area contributed by atoms with Gasteiger partial charge in [-0.25, -0.2) is 0 Å². The highest BCUT2D eigenvalue weighted by molar-refractivity contribution is 6.62. The summed E-state index contributed by atoms with van der Waals surface area (Å²) in [6.45, 7) is 10.9. The maximum Gasteiger partial charge on any atom is 0.209 e. The fourth-order valence-electron chi connectivity index (χ4n) is 6.13. The lowest BCUT2D eigenvalue weighted by atomic mass is 9.64. The van der Waals surface area contributed by atoms with Gasteiger partial charge in [0.2, 0.25) is 4.33 Å². The van der Waals surface area contributed by atoms with Crippen LogP contribution >= 0.6 is 34.8 Å². The Bertz CT molecular complexity index is 774. The lowest BCUT2D eigenvalue weighted by Gasteiger charge is -2.55. The number of fused-ring (bicyclic) bond motifs is 2. The average molecular weight is 476 g/mol. The number of unbranched alkanes of at least 4 members (excludes halogenated alkanes) is 1. The number of halogens is 3. The van der Waals surface area contributed by atoms with Crippen LogP contribution in [-0.4, -0.2) is 45.7 Å². The van der Waals surface area contributed by atoms with Gasteiger partial charge in [-0.1, -0.05) is 54.4 Å². The molecular weight excluding hydrogens is 447 g/mol. The molecule has 5 atom stereocenters. The van der Waals surface area contributed by atoms with Gasteiger partial charge in [0.05, 0.1) is 13.2 Å². The van der Waals surface area contributed by atoms with E-state index in [1.165, 1.54) is 0 Å². The molecule has 7 heteroatoms. The number of carbonyl (C=O) groups excluding carboxylic acids is 1. The van der Waals surface area contributed by atoms with Crippen LogP contribution in [0.5, 0.6) is 0 Å². The summed E-state index contributed by atoms with van der Waals surface area (Å²) in [5.74, 6) is -1.39. The molecule has 1 aliphatic carbocycles. The molecule has 2 bridgehead atoms. The van der Waals surface area contributed by atoms with Gasteiger partial charge in [0.15, 0.2) is 11.6 Å². The predicted molar refractivity (Wildman–Crippen MR) is 119 cm³/mol. The number of Topliss-reactive ketones (excluding diaryl/α,β-unsaturated/α-hetero) is 1. The van der Waals surface area contributed by atoms with Crippen molar-refractivity contribution in [3.05, 3.63) is 37.5 Å². The van der Waals surface area contributed by atoms with Crippen LogP contribution in [0.1, 0.15) is 45.4 Å². The summed E-state index contributed by atoms with van der Waals surface area (Å²) in [6.07, 6.45) is 11.7. The lowest BCUT2D eigenvalue weighted by molar-refractivity contribution is -0.245. The molecule has 30 heavy (non-hydrogen) atoms. The van der Waals surface area contributed by atoms with E-state index in [9.17, 15) is 4.79 Å². The van der Waals surface area contributed by atoms with Gasteiger partial charge in [-0.3, -0.25) is 4.79 Å². The predicted octanol–water partition coefficient (Wildman–Crippen LogP) is 5.51. The van der Waals surface area contributed by atoms with Gasteiger partial charge in [-0.2, -0.15) is 0 Å². The van der Waals surface area contributed by atoms with Crippen molar-refractivity contribution < 1.29 is 19.0 Å². The first-order valence-corrected chi connectivity index (χ1v) is 11.8. The Kier molecular flexibility index (Phi) is 5.78. The first-order chi connectivity index (χ1) is 14.1. The molecule has 4 nitrogen and oxygen atoms in total. The van der Waals surface area contributed by atoms with Crippen LogP contribution in [0.4, 0.5) is 0 Å². The van der Waals surface area contributed by atoms with Gasteiger partial charge in [0.1, 0.15) is 16.6 Å². The van der Waals surface area contributed by atoms with Gasteiger partial charge in [-0.05, 0) is 32.1 Å². The van der Waals surface area contributed by atoms with Crippen LogP contribution < -0.4 is 0 Å². The Morgan fingerprint density at radius 3 is 2.53 bits per heavy atom. The van der Waals surface area contributed by atoms with Crippen molar-refractivity contribution in [2.45, 2.75) is 72.1 Å². The Morgan fingerprint density at radius 2 is 1.90 bits per heavy atom. The third-order valence-electron chi connectivity index (χ3n) is 7.65.